The molecule has 2 unspecified atom stereocenters. The van der Waals surface area contributed by atoms with Crippen molar-refractivity contribution in [3.63, 3.8) is 0 Å². The van der Waals surface area contributed by atoms with Gasteiger partial charge in [0, 0.05) is 38.8 Å². The first-order valence-corrected chi connectivity index (χ1v) is 8.75. The van der Waals surface area contributed by atoms with Crippen molar-refractivity contribution in [3.05, 3.63) is 12.2 Å². The number of morpholine rings is 1. The van der Waals surface area contributed by atoms with Crippen LogP contribution >= 0.6 is 24.0 Å². The highest BCUT2D eigenvalue weighted by atomic mass is 127. The summed E-state index contributed by atoms with van der Waals surface area (Å²) in [5.74, 6) is 0.958. The number of hydrogen-bond acceptors (Lipinski definition) is 3. The molecular weight excluding hydrogens is 403 g/mol. The van der Waals surface area contributed by atoms with Crippen LogP contribution in [0.2, 0.25) is 0 Å². The van der Waals surface area contributed by atoms with Gasteiger partial charge in [0.2, 0.25) is 0 Å². The summed E-state index contributed by atoms with van der Waals surface area (Å²) >= 11 is 0. The second-order valence-corrected chi connectivity index (χ2v) is 6.42. The molecule has 6 heteroatoms. The molecule has 0 radical (unpaired) electrons. The number of hydrogen-bond donors (Lipinski definition) is 2. The Labute approximate surface area is 158 Å². The van der Waals surface area contributed by atoms with Crippen LogP contribution in [0.3, 0.4) is 0 Å². The summed E-state index contributed by atoms with van der Waals surface area (Å²) in [6, 6.07) is 0.513. The van der Waals surface area contributed by atoms with Crippen LogP contribution in [-0.2, 0) is 4.74 Å². The van der Waals surface area contributed by atoms with Crippen LogP contribution in [0, 0.1) is 0 Å². The van der Waals surface area contributed by atoms with Gasteiger partial charge in [0.05, 0.1) is 12.2 Å². The summed E-state index contributed by atoms with van der Waals surface area (Å²) in [5, 5.41) is 6.85. The Balaban J connectivity index is 0.00000264. The number of aliphatic imine (C=N–C) groups is 1. The number of nitrogens with zero attached hydrogens (tertiary/aromatic N) is 2. The highest BCUT2D eigenvalue weighted by Crippen LogP contribution is 2.11. The molecule has 23 heavy (non-hydrogen) atoms. The van der Waals surface area contributed by atoms with E-state index in [1.54, 1.807) is 0 Å². The number of rotatable bonds is 6. The molecule has 1 aliphatic carbocycles. The fourth-order valence-electron chi connectivity index (χ4n) is 3.20. The van der Waals surface area contributed by atoms with Gasteiger partial charge in [-0.2, -0.15) is 0 Å². The van der Waals surface area contributed by atoms with Crippen molar-refractivity contribution < 1.29 is 4.74 Å². The molecule has 134 valence electrons. The molecule has 0 bridgehead atoms. The van der Waals surface area contributed by atoms with Crippen LogP contribution in [0.1, 0.15) is 40.0 Å². The molecule has 2 N–H and O–H groups in total. The molecule has 0 amide bonds. The molecule has 0 saturated carbocycles. The minimum absolute atomic E-state index is 0. The Hall–Kier alpha value is -0.340. The van der Waals surface area contributed by atoms with E-state index < -0.39 is 0 Å². The predicted molar refractivity (Wildman–Crippen MR) is 108 cm³/mol. The molecule has 0 aromatic heterocycles. The van der Waals surface area contributed by atoms with Crippen molar-refractivity contribution >= 4 is 29.9 Å². The SMILES string of the molecule is CCNC(=NCCCN1CC(C)OC(C)C1)NC1CC=CC1.I. The number of nitrogens with one attached hydrogen (secondary N) is 2. The van der Waals surface area contributed by atoms with Crippen molar-refractivity contribution in [3.8, 4) is 0 Å². The van der Waals surface area contributed by atoms with Crippen LogP contribution in [0.4, 0.5) is 0 Å². The molecular formula is C17H33IN4O. The van der Waals surface area contributed by atoms with Gasteiger partial charge in [-0.05, 0) is 40.0 Å². The highest BCUT2D eigenvalue weighted by molar-refractivity contribution is 14.0. The molecule has 0 aromatic rings. The molecule has 0 aromatic carbocycles. The van der Waals surface area contributed by atoms with Gasteiger partial charge in [-0.15, -0.1) is 24.0 Å². The molecule has 2 atom stereocenters. The lowest BCUT2D eigenvalue weighted by atomic mass is 10.2. The van der Waals surface area contributed by atoms with Crippen molar-refractivity contribution in [1.29, 1.82) is 0 Å². The lowest BCUT2D eigenvalue weighted by molar-refractivity contribution is -0.0679. The van der Waals surface area contributed by atoms with E-state index in [4.69, 9.17) is 9.73 Å². The minimum atomic E-state index is 0. The maximum absolute atomic E-state index is 5.77. The first-order valence-electron chi connectivity index (χ1n) is 8.75. The highest BCUT2D eigenvalue weighted by Gasteiger charge is 2.21. The maximum atomic E-state index is 5.77. The Morgan fingerprint density at radius 2 is 1.87 bits per heavy atom. The Kier molecular flexibility index (Phi) is 10.1. The quantitative estimate of drug-likeness (QED) is 0.221. The number of guanidine groups is 1. The van der Waals surface area contributed by atoms with E-state index in [-0.39, 0.29) is 24.0 Å². The summed E-state index contributed by atoms with van der Waals surface area (Å²) in [6.07, 6.45) is 8.48. The number of halogens is 1. The minimum Gasteiger partial charge on any atom is -0.373 e. The third-order valence-electron chi connectivity index (χ3n) is 4.09. The van der Waals surface area contributed by atoms with E-state index in [0.717, 1.165) is 57.9 Å². The smallest absolute Gasteiger partial charge is 0.191 e. The summed E-state index contributed by atoms with van der Waals surface area (Å²) < 4.78 is 5.77. The Morgan fingerprint density at radius 1 is 1.22 bits per heavy atom. The Morgan fingerprint density at radius 3 is 2.48 bits per heavy atom. The first-order chi connectivity index (χ1) is 10.7. The van der Waals surface area contributed by atoms with Gasteiger partial charge in [0.15, 0.2) is 5.96 Å². The van der Waals surface area contributed by atoms with Crippen LogP contribution in [0.15, 0.2) is 17.1 Å². The molecule has 1 heterocycles. The summed E-state index contributed by atoms with van der Waals surface area (Å²) in [6.45, 7) is 11.4. The molecule has 1 fully saturated rings. The van der Waals surface area contributed by atoms with Crippen molar-refractivity contribution in [1.82, 2.24) is 15.5 Å². The second kappa shape index (κ2) is 11.3. The van der Waals surface area contributed by atoms with E-state index >= 15 is 0 Å². The number of ether oxygens (including phenoxy) is 1. The maximum Gasteiger partial charge on any atom is 0.191 e. The van der Waals surface area contributed by atoms with Gasteiger partial charge < -0.3 is 15.4 Å². The standard InChI is InChI=1S/C17H32N4O.HI/c1-4-18-17(20-16-8-5-6-9-16)19-10-7-11-21-12-14(2)22-15(3)13-21;/h5-6,14-16H,4,7-13H2,1-3H3,(H2,18,19,20);1H. The molecule has 1 aliphatic heterocycles. The topological polar surface area (TPSA) is 48.9 Å². The average Bonchev–Trinajstić information content (AvgIpc) is 2.95. The van der Waals surface area contributed by atoms with E-state index in [2.05, 4.69) is 48.5 Å². The summed E-state index contributed by atoms with van der Waals surface area (Å²) in [7, 11) is 0. The normalized spacial score (nSPS) is 26.1. The fourth-order valence-corrected chi connectivity index (χ4v) is 3.20. The average molecular weight is 436 g/mol. The van der Waals surface area contributed by atoms with Crippen LogP contribution in [-0.4, -0.2) is 61.8 Å². The molecule has 2 aliphatic rings. The first kappa shape index (κ1) is 20.7. The lowest BCUT2D eigenvalue weighted by Crippen LogP contribution is -2.46. The Bertz CT molecular complexity index is 371. The lowest BCUT2D eigenvalue weighted by Gasteiger charge is -2.35. The van der Waals surface area contributed by atoms with Gasteiger partial charge in [-0.1, -0.05) is 12.2 Å². The third kappa shape index (κ3) is 7.85. The summed E-state index contributed by atoms with van der Waals surface area (Å²) in [5.41, 5.74) is 0. The second-order valence-electron chi connectivity index (χ2n) is 6.42. The monoisotopic (exact) mass is 436 g/mol. The zero-order chi connectivity index (χ0) is 15.8. The van der Waals surface area contributed by atoms with E-state index in [1.165, 1.54) is 0 Å². The predicted octanol–water partition coefficient (Wildman–Crippen LogP) is 2.38. The van der Waals surface area contributed by atoms with E-state index in [9.17, 15) is 0 Å². The zero-order valence-electron chi connectivity index (χ0n) is 14.8. The molecule has 0 spiro atoms. The molecule has 1 saturated heterocycles. The van der Waals surface area contributed by atoms with Crippen LogP contribution < -0.4 is 10.6 Å². The zero-order valence-corrected chi connectivity index (χ0v) is 17.1. The third-order valence-corrected chi connectivity index (χ3v) is 4.09. The summed E-state index contributed by atoms with van der Waals surface area (Å²) in [4.78, 5) is 7.20. The van der Waals surface area contributed by atoms with Crippen molar-refractivity contribution in [2.45, 2.75) is 58.3 Å². The van der Waals surface area contributed by atoms with Crippen LogP contribution in [0.25, 0.3) is 0 Å². The van der Waals surface area contributed by atoms with E-state index in [1.807, 2.05) is 0 Å². The van der Waals surface area contributed by atoms with Crippen LogP contribution in [0.5, 0.6) is 0 Å². The fraction of sp³-hybridized carbons (Fsp3) is 0.824. The molecule has 2 rings (SSSR count). The molecule has 5 nitrogen and oxygen atoms in total. The van der Waals surface area contributed by atoms with Gasteiger partial charge in [-0.25, -0.2) is 0 Å². The largest absolute Gasteiger partial charge is 0.373 e. The van der Waals surface area contributed by atoms with Gasteiger partial charge in [0.1, 0.15) is 0 Å². The van der Waals surface area contributed by atoms with Gasteiger partial charge >= 0.3 is 0 Å². The van der Waals surface area contributed by atoms with Gasteiger partial charge in [-0.3, -0.25) is 9.89 Å². The van der Waals surface area contributed by atoms with E-state index in [0.29, 0.717) is 18.2 Å². The van der Waals surface area contributed by atoms with Crippen molar-refractivity contribution in [2.75, 3.05) is 32.7 Å². The van der Waals surface area contributed by atoms with Gasteiger partial charge in [0.25, 0.3) is 0 Å². The van der Waals surface area contributed by atoms with Crippen molar-refractivity contribution in [2.24, 2.45) is 4.99 Å².